The molecule has 0 saturated heterocycles. The fourth-order valence-corrected chi connectivity index (χ4v) is 2.56. The molecular formula is C17H10Cl2N2O2. The zero-order valence-corrected chi connectivity index (χ0v) is 13.2. The maximum atomic E-state index is 12.1. The highest BCUT2D eigenvalue weighted by molar-refractivity contribution is 6.34. The molecule has 3 rings (SSSR count). The summed E-state index contributed by atoms with van der Waals surface area (Å²) in [5.74, 6) is -0.539. The van der Waals surface area contributed by atoms with Crippen molar-refractivity contribution in [3.05, 3.63) is 70.2 Å². The molecule has 6 heteroatoms. The van der Waals surface area contributed by atoms with E-state index >= 15 is 0 Å². The minimum absolute atomic E-state index is 0.0256. The predicted molar refractivity (Wildman–Crippen MR) is 90.9 cm³/mol. The second-order valence-corrected chi connectivity index (χ2v) is 5.63. The van der Waals surface area contributed by atoms with Gasteiger partial charge in [0.2, 0.25) is 0 Å². The second-order valence-electron chi connectivity index (χ2n) is 4.79. The first kappa shape index (κ1) is 15.5. The first-order chi connectivity index (χ1) is 11.1. The third-order valence-corrected chi connectivity index (χ3v) is 3.79. The lowest BCUT2D eigenvalue weighted by Gasteiger charge is -2.05. The molecule has 3 aromatic carbocycles. The Morgan fingerprint density at radius 2 is 1.70 bits per heavy atom. The summed E-state index contributed by atoms with van der Waals surface area (Å²) in [6.07, 6.45) is 0. The van der Waals surface area contributed by atoms with Gasteiger partial charge in [0.25, 0.3) is 5.91 Å². The average Bonchev–Trinajstić information content (AvgIpc) is 2.56. The number of carbonyl (C=O) groups is 1. The van der Waals surface area contributed by atoms with E-state index in [0.717, 1.165) is 0 Å². The van der Waals surface area contributed by atoms with Crippen molar-refractivity contribution in [1.29, 1.82) is 0 Å². The number of aromatic hydroxyl groups is 1. The first-order valence-corrected chi connectivity index (χ1v) is 7.43. The third kappa shape index (κ3) is 3.18. The molecule has 1 amide bonds. The molecule has 0 spiro atoms. The molecule has 0 unspecified atom stereocenters. The predicted octanol–water partition coefficient (Wildman–Crippen LogP) is 5.78. The van der Waals surface area contributed by atoms with Gasteiger partial charge in [-0.05, 0) is 24.3 Å². The van der Waals surface area contributed by atoms with Gasteiger partial charge in [0.15, 0.2) is 0 Å². The monoisotopic (exact) mass is 344 g/mol. The SMILES string of the molecule is O=C(N=Nc1cc(Cl)c(O)c2ccccc12)c1cccc(Cl)c1. The van der Waals surface area contributed by atoms with Gasteiger partial charge < -0.3 is 5.11 Å². The van der Waals surface area contributed by atoms with E-state index in [1.165, 1.54) is 12.1 Å². The molecule has 0 aliphatic heterocycles. The number of azo groups is 1. The van der Waals surface area contributed by atoms with E-state index in [-0.39, 0.29) is 10.8 Å². The van der Waals surface area contributed by atoms with Gasteiger partial charge >= 0.3 is 0 Å². The highest BCUT2D eigenvalue weighted by Gasteiger charge is 2.10. The van der Waals surface area contributed by atoms with Crippen molar-refractivity contribution in [2.45, 2.75) is 0 Å². The summed E-state index contributed by atoms with van der Waals surface area (Å²) in [4.78, 5) is 12.1. The molecule has 0 radical (unpaired) electrons. The van der Waals surface area contributed by atoms with Crippen LogP contribution < -0.4 is 0 Å². The van der Waals surface area contributed by atoms with Crippen LogP contribution in [0.1, 0.15) is 10.4 Å². The van der Waals surface area contributed by atoms with E-state index in [9.17, 15) is 9.90 Å². The van der Waals surface area contributed by atoms with E-state index < -0.39 is 5.91 Å². The van der Waals surface area contributed by atoms with Crippen LogP contribution in [0.25, 0.3) is 10.8 Å². The van der Waals surface area contributed by atoms with Crippen molar-refractivity contribution >= 4 is 45.6 Å². The Bertz CT molecular complexity index is 939. The van der Waals surface area contributed by atoms with Gasteiger partial charge in [-0.3, -0.25) is 4.79 Å². The second kappa shape index (κ2) is 6.36. The van der Waals surface area contributed by atoms with Crippen LogP contribution in [0.3, 0.4) is 0 Å². The van der Waals surface area contributed by atoms with Crippen molar-refractivity contribution in [2.75, 3.05) is 0 Å². The van der Waals surface area contributed by atoms with E-state index in [1.54, 1.807) is 42.5 Å². The van der Waals surface area contributed by atoms with E-state index in [0.29, 0.717) is 27.0 Å². The van der Waals surface area contributed by atoms with Gasteiger partial charge in [0.05, 0.1) is 10.7 Å². The normalized spacial score (nSPS) is 11.2. The number of halogens is 2. The smallest absolute Gasteiger partial charge is 0.295 e. The van der Waals surface area contributed by atoms with Gasteiger partial charge in [0, 0.05) is 21.4 Å². The Hall–Kier alpha value is -2.43. The van der Waals surface area contributed by atoms with E-state index in [4.69, 9.17) is 23.2 Å². The number of phenolic OH excluding ortho intramolecular Hbond substituents is 1. The molecule has 0 fully saturated rings. The van der Waals surface area contributed by atoms with Gasteiger partial charge in [-0.1, -0.05) is 53.5 Å². The van der Waals surface area contributed by atoms with Crippen molar-refractivity contribution in [3.8, 4) is 5.75 Å². The molecule has 0 aliphatic rings. The molecule has 4 nitrogen and oxygen atoms in total. The molecule has 0 aromatic heterocycles. The Kier molecular flexibility index (Phi) is 4.28. The van der Waals surface area contributed by atoms with Crippen LogP contribution in [0.5, 0.6) is 5.75 Å². The standard InChI is InChI=1S/C17H10Cl2N2O2/c18-11-5-3-4-10(8-11)17(23)21-20-15-9-14(19)16(22)13-7-2-1-6-12(13)15/h1-9,22H. The molecule has 0 atom stereocenters. The van der Waals surface area contributed by atoms with Crippen LogP contribution in [0.15, 0.2) is 64.8 Å². The fraction of sp³-hybridized carbons (Fsp3) is 0. The summed E-state index contributed by atoms with van der Waals surface area (Å²) >= 11 is 11.8. The van der Waals surface area contributed by atoms with Gasteiger partial charge in [0.1, 0.15) is 5.75 Å². The molecule has 1 N–H and O–H groups in total. The number of hydrogen-bond donors (Lipinski definition) is 1. The highest BCUT2D eigenvalue weighted by atomic mass is 35.5. The highest BCUT2D eigenvalue weighted by Crippen LogP contribution is 2.38. The fourth-order valence-electron chi connectivity index (χ4n) is 2.17. The summed E-state index contributed by atoms with van der Waals surface area (Å²) < 4.78 is 0. The lowest BCUT2D eigenvalue weighted by molar-refractivity contribution is 0.0995. The minimum atomic E-state index is -0.513. The van der Waals surface area contributed by atoms with E-state index in [2.05, 4.69) is 10.2 Å². The third-order valence-electron chi connectivity index (χ3n) is 3.27. The van der Waals surface area contributed by atoms with Crippen molar-refractivity contribution in [3.63, 3.8) is 0 Å². The zero-order valence-electron chi connectivity index (χ0n) is 11.7. The topological polar surface area (TPSA) is 62.0 Å². The number of phenols is 1. The molecule has 0 bridgehead atoms. The molecular weight excluding hydrogens is 335 g/mol. The Morgan fingerprint density at radius 3 is 2.43 bits per heavy atom. The zero-order chi connectivity index (χ0) is 16.4. The van der Waals surface area contributed by atoms with Crippen molar-refractivity contribution in [1.82, 2.24) is 0 Å². The summed E-state index contributed by atoms with van der Waals surface area (Å²) in [5, 5.41) is 19.5. The van der Waals surface area contributed by atoms with Gasteiger partial charge in [-0.25, -0.2) is 0 Å². The molecule has 23 heavy (non-hydrogen) atoms. The lowest BCUT2D eigenvalue weighted by Crippen LogP contribution is -1.92. The molecule has 3 aromatic rings. The average molecular weight is 345 g/mol. The van der Waals surface area contributed by atoms with Crippen LogP contribution in [0, 0.1) is 0 Å². The summed E-state index contributed by atoms with van der Waals surface area (Å²) in [6, 6.07) is 15.0. The number of carbonyl (C=O) groups excluding carboxylic acids is 1. The van der Waals surface area contributed by atoms with Crippen LogP contribution in [0.2, 0.25) is 10.0 Å². The number of benzene rings is 3. The number of rotatable bonds is 2. The number of fused-ring (bicyclic) bond motifs is 1. The quantitative estimate of drug-likeness (QED) is 0.599. The summed E-state index contributed by atoms with van der Waals surface area (Å²) in [6.45, 7) is 0. The summed E-state index contributed by atoms with van der Waals surface area (Å²) in [5.41, 5.74) is 0.745. The Balaban J connectivity index is 2.01. The first-order valence-electron chi connectivity index (χ1n) is 6.68. The van der Waals surface area contributed by atoms with Crippen LogP contribution in [0.4, 0.5) is 5.69 Å². The summed E-state index contributed by atoms with van der Waals surface area (Å²) in [7, 11) is 0. The number of amides is 1. The van der Waals surface area contributed by atoms with Gasteiger partial charge in [-0.2, -0.15) is 0 Å². The number of hydrogen-bond acceptors (Lipinski definition) is 3. The largest absolute Gasteiger partial charge is 0.506 e. The van der Waals surface area contributed by atoms with Crippen molar-refractivity contribution in [2.24, 2.45) is 10.2 Å². The van der Waals surface area contributed by atoms with Crippen LogP contribution >= 0.6 is 23.2 Å². The van der Waals surface area contributed by atoms with Gasteiger partial charge in [-0.15, -0.1) is 10.2 Å². The number of nitrogens with zero attached hydrogens (tertiary/aromatic N) is 2. The lowest BCUT2D eigenvalue weighted by atomic mass is 10.1. The van der Waals surface area contributed by atoms with Crippen LogP contribution in [-0.4, -0.2) is 11.0 Å². The molecule has 0 heterocycles. The Morgan fingerprint density at radius 1 is 0.957 bits per heavy atom. The van der Waals surface area contributed by atoms with Crippen molar-refractivity contribution < 1.29 is 9.90 Å². The maximum absolute atomic E-state index is 12.1. The maximum Gasteiger partial charge on any atom is 0.295 e. The van der Waals surface area contributed by atoms with Crippen LogP contribution in [-0.2, 0) is 0 Å². The Labute approximate surface area is 142 Å². The minimum Gasteiger partial charge on any atom is -0.506 e. The molecule has 0 saturated carbocycles. The van der Waals surface area contributed by atoms with E-state index in [1.807, 2.05) is 0 Å². The molecule has 114 valence electrons. The molecule has 0 aliphatic carbocycles.